The van der Waals surface area contributed by atoms with Crippen LogP contribution in [0.1, 0.15) is 54.5 Å². The van der Waals surface area contributed by atoms with Crippen molar-refractivity contribution in [2.45, 2.75) is 64.9 Å². The van der Waals surface area contributed by atoms with Crippen molar-refractivity contribution in [2.24, 2.45) is 5.73 Å². The van der Waals surface area contributed by atoms with Crippen LogP contribution < -0.4 is 10.5 Å². The van der Waals surface area contributed by atoms with E-state index in [0.29, 0.717) is 24.2 Å². The summed E-state index contributed by atoms with van der Waals surface area (Å²) in [6, 6.07) is 17.0. The molecular formula is C30H34FN5O3. The predicted molar refractivity (Wildman–Crippen MR) is 147 cm³/mol. The van der Waals surface area contributed by atoms with Gasteiger partial charge in [-0.25, -0.2) is 9.07 Å². The van der Waals surface area contributed by atoms with Gasteiger partial charge in [0.2, 0.25) is 0 Å². The third-order valence-electron chi connectivity index (χ3n) is 7.67. The van der Waals surface area contributed by atoms with E-state index < -0.39 is 23.7 Å². The number of hydrogen-bond donors (Lipinski definition) is 2. The molecule has 2 heterocycles. The molecule has 0 spiro atoms. The summed E-state index contributed by atoms with van der Waals surface area (Å²) in [5, 5.41) is 17.8. The Kier molecular flexibility index (Phi) is 7.38. The summed E-state index contributed by atoms with van der Waals surface area (Å²) in [6.45, 7) is 8.64. The molecule has 1 aromatic heterocycles. The number of aryl methyl sites for hydroxylation is 2. The lowest BCUT2D eigenvalue weighted by molar-refractivity contribution is -0.138. The summed E-state index contributed by atoms with van der Waals surface area (Å²) >= 11 is 0. The Morgan fingerprint density at radius 2 is 2.00 bits per heavy atom. The Labute approximate surface area is 227 Å². The number of hydrogen-bond acceptors (Lipinski definition) is 6. The highest BCUT2D eigenvalue weighted by molar-refractivity contribution is 5.78. The van der Waals surface area contributed by atoms with Crippen LogP contribution in [-0.2, 0) is 30.0 Å². The molecular weight excluding hydrogens is 497 g/mol. The Morgan fingerprint density at radius 3 is 2.74 bits per heavy atom. The summed E-state index contributed by atoms with van der Waals surface area (Å²) < 4.78 is 23.7. The van der Waals surface area contributed by atoms with Gasteiger partial charge in [-0.1, -0.05) is 54.6 Å². The van der Waals surface area contributed by atoms with Gasteiger partial charge in [0.05, 0.1) is 17.5 Å². The average molecular weight is 532 g/mol. The number of rotatable bonds is 8. The van der Waals surface area contributed by atoms with E-state index in [1.165, 1.54) is 0 Å². The van der Waals surface area contributed by atoms with Gasteiger partial charge in [0.25, 0.3) is 0 Å². The SMILES string of the molecule is CC[C@@H]1CN(Cc2cc([C@](N)(CC(=O)O)c3ccc4c(nnn4CC)c3F)ccc2C)Cc2ccccc2O1. The van der Waals surface area contributed by atoms with Crippen molar-refractivity contribution >= 4 is 17.0 Å². The molecule has 1 aliphatic rings. The van der Waals surface area contributed by atoms with Gasteiger partial charge in [0.15, 0.2) is 5.82 Å². The van der Waals surface area contributed by atoms with Crippen LogP contribution in [0.2, 0.25) is 0 Å². The Bertz CT molecular complexity index is 1520. The third-order valence-corrected chi connectivity index (χ3v) is 7.67. The molecule has 39 heavy (non-hydrogen) atoms. The van der Waals surface area contributed by atoms with Gasteiger partial charge in [-0.15, -0.1) is 5.10 Å². The van der Waals surface area contributed by atoms with Crippen molar-refractivity contribution in [3.8, 4) is 5.75 Å². The standard InChI is InChI=1S/C30H34FN5O3/c1-4-23-18-35(16-20-8-6-7-9-26(20)39-23)17-21-14-22(11-10-19(21)3)30(32,15-27(37)38)24-12-13-25-29(28(24)31)33-34-36(25)5-2/h6-14,23H,4-5,15-18,32H2,1-3H3,(H,37,38)/t23-,30-/m1/s1. The van der Waals surface area contributed by atoms with Gasteiger partial charge in [0, 0.05) is 37.3 Å². The van der Waals surface area contributed by atoms with E-state index in [2.05, 4.69) is 28.2 Å². The van der Waals surface area contributed by atoms with E-state index in [1.807, 2.05) is 44.2 Å². The molecule has 3 N–H and O–H groups in total. The van der Waals surface area contributed by atoms with Crippen LogP contribution in [0.15, 0.2) is 54.6 Å². The highest BCUT2D eigenvalue weighted by atomic mass is 19.1. The molecule has 0 unspecified atom stereocenters. The second kappa shape index (κ2) is 10.7. The number of para-hydroxylation sites is 1. The number of fused-ring (bicyclic) bond motifs is 2. The zero-order valence-corrected chi connectivity index (χ0v) is 22.5. The number of ether oxygens (including phenoxy) is 1. The fourth-order valence-corrected chi connectivity index (χ4v) is 5.43. The molecule has 3 aromatic carbocycles. The maximum atomic E-state index is 15.9. The number of carboxylic acids is 1. The van der Waals surface area contributed by atoms with Crippen molar-refractivity contribution in [3.05, 3.63) is 88.2 Å². The number of benzene rings is 3. The number of nitrogens with zero attached hydrogens (tertiary/aromatic N) is 4. The number of carboxylic acid groups (broad SMARTS) is 1. The molecule has 4 aromatic rings. The van der Waals surface area contributed by atoms with Crippen molar-refractivity contribution in [3.63, 3.8) is 0 Å². The number of aliphatic carboxylic acids is 1. The number of carbonyl (C=O) groups is 1. The van der Waals surface area contributed by atoms with Crippen molar-refractivity contribution in [1.29, 1.82) is 0 Å². The van der Waals surface area contributed by atoms with Crippen LogP contribution in [0.3, 0.4) is 0 Å². The molecule has 0 fully saturated rings. The third kappa shape index (κ3) is 5.12. The van der Waals surface area contributed by atoms with Crippen LogP contribution >= 0.6 is 0 Å². The largest absolute Gasteiger partial charge is 0.489 e. The normalized spacial score (nSPS) is 17.3. The van der Waals surface area contributed by atoms with E-state index >= 15 is 4.39 Å². The maximum absolute atomic E-state index is 15.9. The molecule has 0 saturated heterocycles. The monoisotopic (exact) mass is 531 g/mol. The zero-order valence-electron chi connectivity index (χ0n) is 22.5. The Morgan fingerprint density at radius 1 is 1.21 bits per heavy atom. The van der Waals surface area contributed by atoms with Gasteiger partial charge in [-0.05, 0) is 49.1 Å². The molecule has 9 heteroatoms. The first-order chi connectivity index (χ1) is 18.7. The summed E-state index contributed by atoms with van der Waals surface area (Å²) in [6.07, 6.45) is 0.441. The fourth-order valence-electron chi connectivity index (χ4n) is 5.43. The number of nitrogens with two attached hydrogens (primary N) is 1. The average Bonchev–Trinajstić information content (AvgIpc) is 3.25. The van der Waals surface area contributed by atoms with E-state index in [1.54, 1.807) is 22.9 Å². The summed E-state index contributed by atoms with van der Waals surface area (Å²) in [4.78, 5) is 14.4. The molecule has 2 atom stereocenters. The van der Waals surface area contributed by atoms with Crippen LogP contribution in [0, 0.1) is 12.7 Å². The van der Waals surface area contributed by atoms with Crippen molar-refractivity contribution < 1.29 is 19.0 Å². The van der Waals surface area contributed by atoms with Gasteiger partial charge in [-0.2, -0.15) is 0 Å². The molecule has 0 radical (unpaired) electrons. The highest BCUT2D eigenvalue weighted by Crippen LogP contribution is 2.36. The topological polar surface area (TPSA) is 107 Å². The predicted octanol–water partition coefficient (Wildman–Crippen LogP) is 4.75. The lowest BCUT2D eigenvalue weighted by Crippen LogP contribution is -2.41. The molecule has 204 valence electrons. The molecule has 0 amide bonds. The summed E-state index contributed by atoms with van der Waals surface area (Å²) in [5.41, 5.74) is 9.64. The van der Waals surface area contributed by atoms with E-state index in [4.69, 9.17) is 10.5 Å². The fraction of sp³-hybridized carbons (Fsp3) is 0.367. The lowest BCUT2D eigenvalue weighted by Gasteiger charge is -2.31. The first-order valence-corrected chi connectivity index (χ1v) is 13.3. The molecule has 0 saturated carbocycles. The minimum Gasteiger partial charge on any atom is -0.489 e. The van der Waals surface area contributed by atoms with Crippen LogP contribution in [0.25, 0.3) is 11.0 Å². The van der Waals surface area contributed by atoms with Crippen molar-refractivity contribution in [2.75, 3.05) is 6.54 Å². The van der Waals surface area contributed by atoms with Gasteiger partial charge < -0.3 is 15.6 Å². The maximum Gasteiger partial charge on any atom is 0.305 e. The number of aromatic nitrogens is 3. The van der Waals surface area contributed by atoms with Gasteiger partial charge in [-0.3, -0.25) is 9.69 Å². The van der Waals surface area contributed by atoms with E-state index in [9.17, 15) is 9.90 Å². The Balaban J connectivity index is 1.54. The zero-order chi connectivity index (χ0) is 27.7. The number of halogens is 1. The molecule has 0 aliphatic carbocycles. The van der Waals surface area contributed by atoms with E-state index in [0.717, 1.165) is 42.0 Å². The van der Waals surface area contributed by atoms with Gasteiger partial charge >= 0.3 is 5.97 Å². The van der Waals surface area contributed by atoms with Gasteiger partial charge in [0.1, 0.15) is 17.4 Å². The smallest absolute Gasteiger partial charge is 0.305 e. The second-order valence-corrected chi connectivity index (χ2v) is 10.3. The first kappa shape index (κ1) is 26.8. The molecule has 5 rings (SSSR count). The van der Waals surface area contributed by atoms with Crippen LogP contribution in [-0.4, -0.2) is 43.6 Å². The molecule has 1 aliphatic heterocycles. The summed E-state index contributed by atoms with van der Waals surface area (Å²) in [7, 11) is 0. The van der Waals surface area contributed by atoms with E-state index in [-0.39, 0.29) is 17.2 Å². The quantitative estimate of drug-likeness (QED) is 0.338. The lowest BCUT2D eigenvalue weighted by atomic mass is 9.79. The van der Waals surface area contributed by atoms with Crippen LogP contribution in [0.4, 0.5) is 4.39 Å². The summed E-state index contributed by atoms with van der Waals surface area (Å²) in [5.74, 6) is -0.862. The highest BCUT2D eigenvalue weighted by Gasteiger charge is 2.37. The minimum atomic E-state index is -1.61. The van der Waals surface area contributed by atoms with Crippen LogP contribution in [0.5, 0.6) is 5.75 Å². The molecule has 0 bridgehead atoms. The van der Waals surface area contributed by atoms with Crippen molar-refractivity contribution in [1.82, 2.24) is 19.9 Å². The first-order valence-electron chi connectivity index (χ1n) is 13.3. The Hall–Kier alpha value is -3.82. The molecule has 8 nitrogen and oxygen atoms in total. The second-order valence-electron chi connectivity index (χ2n) is 10.3. The minimum absolute atomic E-state index is 0.0510.